The van der Waals surface area contributed by atoms with Crippen LogP contribution in [0.25, 0.3) is 11.0 Å². The zero-order chi connectivity index (χ0) is 16.5. The van der Waals surface area contributed by atoms with Gasteiger partial charge in [-0.25, -0.2) is 4.79 Å². The standard InChI is InChI=1S/C18H17NO5/c20-18(21)17-13(12-4-1-2-5-14(12)24-17)10-19-7-9-23-16(11-19)15-6-3-8-22-15/h1-6,8,16H,7,9-11H2,(H,20,21). The maximum absolute atomic E-state index is 11.5. The number of ether oxygens (including phenoxy) is 1. The lowest BCUT2D eigenvalue weighted by atomic mass is 10.1. The van der Waals surface area contributed by atoms with E-state index in [4.69, 9.17) is 13.6 Å². The number of hydrogen-bond acceptors (Lipinski definition) is 5. The average Bonchev–Trinajstić information content (AvgIpc) is 3.24. The lowest BCUT2D eigenvalue weighted by Crippen LogP contribution is -2.37. The van der Waals surface area contributed by atoms with Gasteiger partial charge >= 0.3 is 5.97 Å². The van der Waals surface area contributed by atoms with Crippen molar-refractivity contribution in [1.29, 1.82) is 0 Å². The van der Waals surface area contributed by atoms with Gasteiger partial charge in [-0.1, -0.05) is 18.2 Å². The number of fused-ring (bicyclic) bond motifs is 1. The first-order valence-electron chi connectivity index (χ1n) is 7.83. The second-order valence-corrected chi connectivity index (χ2v) is 5.82. The molecule has 6 heteroatoms. The fourth-order valence-corrected chi connectivity index (χ4v) is 3.14. The molecule has 0 bridgehead atoms. The average molecular weight is 327 g/mol. The Hall–Kier alpha value is -2.57. The summed E-state index contributed by atoms with van der Waals surface area (Å²) in [5.41, 5.74) is 1.30. The Kier molecular flexibility index (Phi) is 3.84. The summed E-state index contributed by atoms with van der Waals surface area (Å²) in [6.45, 7) is 2.45. The molecule has 1 aromatic carbocycles. The van der Waals surface area contributed by atoms with E-state index in [0.717, 1.165) is 17.7 Å². The Bertz CT molecular complexity index is 852. The molecule has 3 heterocycles. The molecule has 0 spiro atoms. The first-order chi connectivity index (χ1) is 11.7. The molecule has 0 amide bonds. The van der Waals surface area contributed by atoms with Gasteiger partial charge in [0.15, 0.2) is 0 Å². The van der Waals surface area contributed by atoms with Crippen molar-refractivity contribution in [2.75, 3.05) is 19.7 Å². The third kappa shape index (κ3) is 2.70. The topological polar surface area (TPSA) is 76.0 Å². The first kappa shape index (κ1) is 15.0. The predicted octanol–water partition coefficient (Wildman–Crippen LogP) is 3.30. The molecule has 1 unspecified atom stereocenters. The van der Waals surface area contributed by atoms with Crippen molar-refractivity contribution < 1.29 is 23.5 Å². The lowest BCUT2D eigenvalue weighted by molar-refractivity contribution is -0.0428. The fourth-order valence-electron chi connectivity index (χ4n) is 3.14. The number of nitrogens with zero attached hydrogens (tertiary/aromatic N) is 1. The maximum Gasteiger partial charge on any atom is 0.372 e. The van der Waals surface area contributed by atoms with Crippen molar-refractivity contribution in [3.63, 3.8) is 0 Å². The quantitative estimate of drug-likeness (QED) is 0.792. The van der Waals surface area contributed by atoms with Gasteiger partial charge in [0.2, 0.25) is 5.76 Å². The minimum Gasteiger partial charge on any atom is -0.475 e. The molecule has 0 aliphatic carbocycles. The van der Waals surface area contributed by atoms with Gasteiger partial charge in [0.25, 0.3) is 0 Å². The molecule has 1 N–H and O–H groups in total. The van der Waals surface area contributed by atoms with Crippen molar-refractivity contribution >= 4 is 16.9 Å². The van der Waals surface area contributed by atoms with Gasteiger partial charge in [0.1, 0.15) is 17.4 Å². The number of para-hydroxylation sites is 1. The van der Waals surface area contributed by atoms with Gasteiger partial charge in [0, 0.05) is 30.6 Å². The van der Waals surface area contributed by atoms with E-state index in [1.54, 1.807) is 12.3 Å². The van der Waals surface area contributed by atoms with Crippen LogP contribution in [0.5, 0.6) is 0 Å². The molecule has 1 fully saturated rings. The van der Waals surface area contributed by atoms with Crippen LogP contribution in [0.3, 0.4) is 0 Å². The summed E-state index contributed by atoms with van der Waals surface area (Å²) < 4.78 is 16.7. The summed E-state index contributed by atoms with van der Waals surface area (Å²) in [7, 11) is 0. The van der Waals surface area contributed by atoms with Crippen LogP contribution < -0.4 is 0 Å². The molecule has 1 aliphatic heterocycles. The highest BCUT2D eigenvalue weighted by Gasteiger charge is 2.27. The van der Waals surface area contributed by atoms with Gasteiger partial charge in [-0.15, -0.1) is 0 Å². The van der Waals surface area contributed by atoms with E-state index in [-0.39, 0.29) is 11.9 Å². The van der Waals surface area contributed by atoms with Crippen LogP contribution in [-0.4, -0.2) is 35.7 Å². The largest absolute Gasteiger partial charge is 0.475 e. The number of rotatable bonds is 4. The van der Waals surface area contributed by atoms with Crippen molar-refractivity contribution in [2.24, 2.45) is 0 Å². The van der Waals surface area contributed by atoms with E-state index < -0.39 is 5.97 Å². The molecule has 1 saturated heterocycles. The number of furan rings is 2. The Morgan fingerprint density at radius 2 is 2.12 bits per heavy atom. The van der Waals surface area contributed by atoms with Crippen LogP contribution in [0.1, 0.15) is 28.0 Å². The van der Waals surface area contributed by atoms with E-state index in [1.165, 1.54) is 0 Å². The van der Waals surface area contributed by atoms with E-state index >= 15 is 0 Å². The van der Waals surface area contributed by atoms with Crippen molar-refractivity contribution in [3.05, 3.63) is 59.7 Å². The van der Waals surface area contributed by atoms with Crippen molar-refractivity contribution in [2.45, 2.75) is 12.6 Å². The molecule has 6 nitrogen and oxygen atoms in total. The molecule has 0 saturated carbocycles. The molecular formula is C18H17NO5. The fraction of sp³-hybridized carbons (Fsp3) is 0.278. The summed E-state index contributed by atoms with van der Waals surface area (Å²) in [4.78, 5) is 13.7. The minimum atomic E-state index is -1.04. The van der Waals surface area contributed by atoms with Crippen LogP contribution in [0.15, 0.2) is 51.5 Å². The van der Waals surface area contributed by atoms with Crippen molar-refractivity contribution in [3.8, 4) is 0 Å². The third-order valence-corrected chi connectivity index (χ3v) is 4.29. The summed E-state index contributed by atoms with van der Waals surface area (Å²) in [6, 6.07) is 11.1. The summed E-state index contributed by atoms with van der Waals surface area (Å²) in [6.07, 6.45) is 1.49. The highest BCUT2D eigenvalue weighted by molar-refractivity contribution is 5.95. The number of morpholine rings is 1. The molecule has 1 aliphatic rings. The van der Waals surface area contributed by atoms with E-state index in [0.29, 0.717) is 30.8 Å². The normalized spacial score (nSPS) is 18.9. The van der Waals surface area contributed by atoms with Gasteiger partial charge < -0.3 is 18.7 Å². The maximum atomic E-state index is 11.5. The molecule has 1 atom stereocenters. The molecule has 24 heavy (non-hydrogen) atoms. The second-order valence-electron chi connectivity index (χ2n) is 5.82. The van der Waals surface area contributed by atoms with E-state index in [2.05, 4.69) is 4.90 Å². The predicted molar refractivity (Wildman–Crippen MR) is 85.9 cm³/mol. The SMILES string of the molecule is O=C(O)c1oc2ccccc2c1CN1CCOC(c2ccco2)C1. The Morgan fingerprint density at radius 1 is 1.25 bits per heavy atom. The smallest absolute Gasteiger partial charge is 0.372 e. The number of carbonyl (C=O) groups is 1. The Labute approximate surface area is 138 Å². The first-order valence-corrected chi connectivity index (χ1v) is 7.83. The van der Waals surface area contributed by atoms with Crippen LogP contribution in [0, 0.1) is 0 Å². The molecule has 124 valence electrons. The van der Waals surface area contributed by atoms with Crippen LogP contribution in [-0.2, 0) is 11.3 Å². The van der Waals surface area contributed by atoms with E-state index in [9.17, 15) is 9.90 Å². The monoisotopic (exact) mass is 327 g/mol. The number of carboxylic acids is 1. The van der Waals surface area contributed by atoms with Crippen LogP contribution in [0.4, 0.5) is 0 Å². The van der Waals surface area contributed by atoms with Crippen LogP contribution in [0.2, 0.25) is 0 Å². The third-order valence-electron chi connectivity index (χ3n) is 4.29. The molecule has 4 rings (SSSR count). The molecular weight excluding hydrogens is 310 g/mol. The second kappa shape index (κ2) is 6.14. The zero-order valence-corrected chi connectivity index (χ0v) is 13.0. The highest BCUT2D eigenvalue weighted by atomic mass is 16.5. The summed E-state index contributed by atoms with van der Waals surface area (Å²) in [5, 5.41) is 10.3. The van der Waals surface area contributed by atoms with Gasteiger partial charge in [-0.2, -0.15) is 0 Å². The number of hydrogen-bond donors (Lipinski definition) is 1. The van der Waals surface area contributed by atoms with Crippen LogP contribution >= 0.6 is 0 Å². The summed E-state index contributed by atoms with van der Waals surface area (Å²) in [5.74, 6) is -0.246. The van der Waals surface area contributed by atoms with Gasteiger partial charge in [-0.05, 0) is 18.2 Å². The highest BCUT2D eigenvalue weighted by Crippen LogP contribution is 2.29. The van der Waals surface area contributed by atoms with Gasteiger partial charge in [0.05, 0.1) is 12.9 Å². The Balaban J connectivity index is 1.61. The number of benzene rings is 1. The van der Waals surface area contributed by atoms with Crippen molar-refractivity contribution in [1.82, 2.24) is 4.90 Å². The number of aromatic carboxylic acids is 1. The number of carboxylic acid groups (broad SMARTS) is 1. The lowest BCUT2D eigenvalue weighted by Gasteiger charge is -2.31. The van der Waals surface area contributed by atoms with E-state index in [1.807, 2.05) is 30.3 Å². The zero-order valence-electron chi connectivity index (χ0n) is 13.0. The Morgan fingerprint density at radius 3 is 2.92 bits per heavy atom. The van der Waals surface area contributed by atoms with Gasteiger partial charge in [-0.3, -0.25) is 4.90 Å². The molecule has 3 aromatic rings. The molecule has 0 radical (unpaired) electrons. The minimum absolute atomic E-state index is 0.0113. The molecule has 2 aromatic heterocycles. The summed E-state index contributed by atoms with van der Waals surface area (Å²) >= 11 is 0.